The van der Waals surface area contributed by atoms with E-state index < -0.39 is 0 Å². The molecule has 6 heteroatoms. The van der Waals surface area contributed by atoms with Crippen LogP contribution in [0.4, 0.5) is 11.6 Å². The maximum atomic E-state index is 9.61. The van der Waals surface area contributed by atoms with E-state index in [2.05, 4.69) is 20.3 Å². The predicted molar refractivity (Wildman–Crippen MR) is 95.6 cm³/mol. The lowest BCUT2D eigenvalue weighted by Crippen LogP contribution is -2.28. The van der Waals surface area contributed by atoms with Gasteiger partial charge in [0.05, 0.1) is 11.8 Å². The van der Waals surface area contributed by atoms with Gasteiger partial charge in [-0.3, -0.25) is 0 Å². The van der Waals surface area contributed by atoms with Gasteiger partial charge in [-0.25, -0.2) is 9.97 Å². The Morgan fingerprint density at radius 3 is 2.83 bits per heavy atom. The van der Waals surface area contributed by atoms with Gasteiger partial charge in [0.2, 0.25) is 5.95 Å². The van der Waals surface area contributed by atoms with Gasteiger partial charge in [0.1, 0.15) is 0 Å². The lowest BCUT2D eigenvalue weighted by atomic mass is 9.93. The number of fused-ring (bicyclic) bond motifs is 1. The Morgan fingerprint density at radius 1 is 1.17 bits per heavy atom. The van der Waals surface area contributed by atoms with E-state index in [9.17, 15) is 5.11 Å². The van der Waals surface area contributed by atoms with Gasteiger partial charge in [-0.1, -0.05) is 6.07 Å². The van der Waals surface area contributed by atoms with Crippen molar-refractivity contribution in [2.45, 2.75) is 37.8 Å². The van der Waals surface area contributed by atoms with Crippen molar-refractivity contribution in [3.8, 4) is 11.3 Å². The lowest BCUT2D eigenvalue weighted by Gasteiger charge is -2.26. The van der Waals surface area contributed by atoms with E-state index in [-0.39, 0.29) is 6.10 Å². The molecule has 0 unspecified atom stereocenters. The smallest absolute Gasteiger partial charge is 0.223 e. The van der Waals surface area contributed by atoms with Crippen molar-refractivity contribution in [3.63, 3.8) is 0 Å². The summed E-state index contributed by atoms with van der Waals surface area (Å²) in [5.74, 6) is 0.623. The molecule has 0 atom stereocenters. The molecule has 2 aromatic heterocycles. The van der Waals surface area contributed by atoms with E-state index in [1.54, 1.807) is 6.20 Å². The van der Waals surface area contributed by atoms with Crippen molar-refractivity contribution in [3.05, 3.63) is 36.7 Å². The highest BCUT2D eigenvalue weighted by Gasteiger charge is 2.20. The number of aromatic amines is 1. The molecule has 1 aliphatic carbocycles. The van der Waals surface area contributed by atoms with Gasteiger partial charge in [-0.05, 0) is 43.9 Å². The van der Waals surface area contributed by atoms with Gasteiger partial charge in [-0.15, -0.1) is 0 Å². The molecule has 1 saturated carbocycles. The highest BCUT2D eigenvalue weighted by Crippen LogP contribution is 2.32. The predicted octanol–water partition coefficient (Wildman–Crippen LogP) is 2.92. The molecule has 1 aliphatic rings. The van der Waals surface area contributed by atoms with Crippen LogP contribution in [0.5, 0.6) is 0 Å². The number of hydrogen-bond donors (Lipinski definition) is 4. The summed E-state index contributed by atoms with van der Waals surface area (Å²) in [4.78, 5) is 12.2. The SMILES string of the molecule is Nc1cccc2[nH]cc(-c3ccnc(NC4CCC(O)CC4)n3)c12. The van der Waals surface area contributed by atoms with E-state index in [0.29, 0.717) is 12.0 Å². The minimum Gasteiger partial charge on any atom is -0.398 e. The zero-order valence-corrected chi connectivity index (χ0v) is 13.4. The number of aliphatic hydroxyl groups is 1. The van der Waals surface area contributed by atoms with Crippen molar-refractivity contribution in [2.75, 3.05) is 11.1 Å². The second-order valence-electron chi connectivity index (χ2n) is 6.39. The van der Waals surface area contributed by atoms with Crippen molar-refractivity contribution < 1.29 is 5.11 Å². The Morgan fingerprint density at radius 2 is 2.00 bits per heavy atom. The highest BCUT2D eigenvalue weighted by atomic mass is 16.3. The molecular weight excluding hydrogens is 302 g/mol. The van der Waals surface area contributed by atoms with Crippen LogP contribution < -0.4 is 11.1 Å². The van der Waals surface area contributed by atoms with E-state index in [0.717, 1.165) is 53.5 Å². The van der Waals surface area contributed by atoms with Gasteiger partial charge < -0.3 is 21.1 Å². The number of anilines is 2. The van der Waals surface area contributed by atoms with Crippen LogP contribution in [0.1, 0.15) is 25.7 Å². The summed E-state index contributed by atoms with van der Waals surface area (Å²) < 4.78 is 0. The summed E-state index contributed by atoms with van der Waals surface area (Å²) in [7, 11) is 0. The molecule has 124 valence electrons. The molecule has 0 aliphatic heterocycles. The Labute approximate surface area is 140 Å². The van der Waals surface area contributed by atoms with Crippen LogP contribution in [-0.2, 0) is 0 Å². The number of H-pyrrole nitrogens is 1. The Kier molecular flexibility index (Phi) is 3.82. The number of aromatic nitrogens is 3. The molecule has 3 aromatic rings. The number of rotatable bonds is 3. The molecule has 0 bridgehead atoms. The summed E-state index contributed by atoms with van der Waals surface area (Å²) in [6, 6.07) is 8.04. The number of nitrogens with one attached hydrogen (secondary N) is 2. The quantitative estimate of drug-likeness (QED) is 0.555. The number of benzene rings is 1. The first-order valence-corrected chi connectivity index (χ1v) is 8.34. The fourth-order valence-corrected chi connectivity index (χ4v) is 3.40. The molecule has 2 heterocycles. The molecule has 24 heavy (non-hydrogen) atoms. The summed E-state index contributed by atoms with van der Waals surface area (Å²) in [6.45, 7) is 0. The van der Waals surface area contributed by atoms with E-state index in [1.165, 1.54) is 0 Å². The standard InChI is InChI=1S/C18H21N5O/c19-14-2-1-3-16-17(14)13(10-21-16)15-8-9-20-18(23-15)22-11-4-6-12(24)7-5-11/h1-3,8-12,21,24H,4-7,19H2,(H,20,22,23). The Bertz CT molecular complexity index is 851. The van der Waals surface area contributed by atoms with Gasteiger partial charge in [0, 0.05) is 40.6 Å². The minimum absolute atomic E-state index is 0.163. The average Bonchev–Trinajstić information content (AvgIpc) is 3.03. The van der Waals surface area contributed by atoms with Crippen molar-refractivity contribution in [1.29, 1.82) is 0 Å². The molecule has 1 fully saturated rings. The first-order valence-electron chi connectivity index (χ1n) is 8.34. The third-order valence-corrected chi connectivity index (χ3v) is 4.70. The molecule has 4 rings (SSSR count). The Balaban J connectivity index is 1.62. The topological polar surface area (TPSA) is 99.9 Å². The molecular formula is C18H21N5O. The van der Waals surface area contributed by atoms with Crippen LogP contribution in [0.15, 0.2) is 36.7 Å². The van der Waals surface area contributed by atoms with Gasteiger partial charge in [0.25, 0.3) is 0 Å². The molecule has 6 nitrogen and oxygen atoms in total. The molecule has 0 saturated heterocycles. The second-order valence-corrected chi connectivity index (χ2v) is 6.39. The van der Waals surface area contributed by atoms with Crippen LogP contribution in [0.3, 0.4) is 0 Å². The maximum absolute atomic E-state index is 9.61. The van der Waals surface area contributed by atoms with E-state index in [1.807, 2.05) is 30.5 Å². The fourth-order valence-electron chi connectivity index (χ4n) is 3.40. The summed E-state index contributed by atoms with van der Waals surface area (Å²) in [5.41, 5.74) is 9.69. The second kappa shape index (κ2) is 6.13. The third-order valence-electron chi connectivity index (χ3n) is 4.70. The van der Waals surface area contributed by atoms with Crippen molar-refractivity contribution >= 4 is 22.5 Å². The zero-order chi connectivity index (χ0) is 16.5. The van der Waals surface area contributed by atoms with Crippen LogP contribution in [0.2, 0.25) is 0 Å². The minimum atomic E-state index is -0.163. The first kappa shape index (κ1) is 15.0. The van der Waals surface area contributed by atoms with Crippen molar-refractivity contribution in [1.82, 2.24) is 15.0 Å². The summed E-state index contributed by atoms with van der Waals surface area (Å²) in [6.07, 6.45) is 7.07. The fraction of sp³-hybridized carbons (Fsp3) is 0.333. The zero-order valence-electron chi connectivity index (χ0n) is 13.4. The third kappa shape index (κ3) is 2.80. The summed E-state index contributed by atoms with van der Waals surface area (Å²) in [5, 5.41) is 14.0. The number of aliphatic hydroxyl groups excluding tert-OH is 1. The molecule has 5 N–H and O–H groups in total. The van der Waals surface area contributed by atoms with Gasteiger partial charge in [0.15, 0.2) is 0 Å². The first-order chi connectivity index (χ1) is 11.7. The molecule has 0 spiro atoms. The van der Waals surface area contributed by atoms with Crippen LogP contribution in [0, 0.1) is 0 Å². The molecule has 0 amide bonds. The van der Waals surface area contributed by atoms with E-state index in [4.69, 9.17) is 5.73 Å². The van der Waals surface area contributed by atoms with Gasteiger partial charge >= 0.3 is 0 Å². The van der Waals surface area contributed by atoms with E-state index >= 15 is 0 Å². The maximum Gasteiger partial charge on any atom is 0.223 e. The molecule has 1 aromatic carbocycles. The summed E-state index contributed by atoms with van der Waals surface area (Å²) >= 11 is 0. The number of nitrogens with two attached hydrogens (primary N) is 1. The molecule has 0 radical (unpaired) electrons. The van der Waals surface area contributed by atoms with Gasteiger partial charge in [-0.2, -0.15) is 0 Å². The van der Waals surface area contributed by atoms with Crippen LogP contribution >= 0.6 is 0 Å². The number of nitrogens with zero attached hydrogens (tertiary/aromatic N) is 2. The van der Waals surface area contributed by atoms with Crippen molar-refractivity contribution in [2.24, 2.45) is 0 Å². The number of hydrogen-bond acceptors (Lipinski definition) is 5. The van der Waals surface area contributed by atoms with Crippen LogP contribution in [-0.4, -0.2) is 32.2 Å². The highest BCUT2D eigenvalue weighted by molar-refractivity contribution is 6.02. The number of nitrogen functional groups attached to an aromatic ring is 1. The average molecular weight is 323 g/mol. The largest absolute Gasteiger partial charge is 0.398 e. The van der Waals surface area contributed by atoms with Crippen LogP contribution in [0.25, 0.3) is 22.2 Å². The monoisotopic (exact) mass is 323 g/mol. The normalized spacial score (nSPS) is 21.0. The Hall–Kier alpha value is -2.60. The lowest BCUT2D eigenvalue weighted by molar-refractivity contribution is 0.126.